The minimum absolute atomic E-state index is 0.0884. The number of nitrogens with zero attached hydrogens (tertiary/aromatic N) is 1. The molecule has 1 fully saturated rings. The van der Waals surface area contributed by atoms with Crippen LogP contribution < -0.4 is 15.0 Å². The molecule has 2 aliphatic heterocycles. The zero-order chi connectivity index (χ0) is 15.3. The molecule has 0 spiro atoms. The predicted octanol–water partition coefficient (Wildman–Crippen LogP) is 3.76. The van der Waals surface area contributed by atoms with Gasteiger partial charge in [-0.05, 0) is 37.3 Å². The lowest BCUT2D eigenvalue weighted by atomic mass is 9.90. The Labute approximate surface area is 133 Å². The molecule has 0 radical (unpaired) electrons. The molecule has 1 N–H and O–H groups in total. The van der Waals surface area contributed by atoms with Crippen LogP contribution in [-0.4, -0.2) is 10.8 Å². The minimum Gasteiger partial charge on any atom is -0.467 e. The predicted molar refractivity (Wildman–Crippen MR) is 87.4 cm³/mol. The largest absolute Gasteiger partial charge is 0.467 e. The van der Waals surface area contributed by atoms with Gasteiger partial charge in [-0.3, -0.25) is 4.90 Å². The number of fused-ring (bicyclic) bond motifs is 4. The monoisotopic (exact) mass is 314 g/mol. The molecule has 1 saturated heterocycles. The topological polar surface area (TPSA) is 24.5 Å². The van der Waals surface area contributed by atoms with Crippen molar-refractivity contribution in [2.45, 2.75) is 25.1 Å². The summed E-state index contributed by atoms with van der Waals surface area (Å²) in [6.07, 6.45) is 0.693. The smallest absolute Gasteiger partial charge is 0.188 e. The first-order valence-corrected chi connectivity index (χ1v) is 7.62. The van der Waals surface area contributed by atoms with Gasteiger partial charge in [0.15, 0.2) is 10.8 Å². The van der Waals surface area contributed by atoms with Crippen LogP contribution in [0.5, 0.6) is 5.75 Å². The first-order chi connectivity index (χ1) is 10.6. The molecule has 2 bridgehead atoms. The summed E-state index contributed by atoms with van der Waals surface area (Å²) in [6.45, 7) is 1.95. The van der Waals surface area contributed by atoms with E-state index in [0.29, 0.717) is 17.2 Å². The molecule has 0 aliphatic carbocycles. The van der Waals surface area contributed by atoms with E-state index in [2.05, 4.69) is 5.32 Å². The van der Waals surface area contributed by atoms with E-state index in [1.807, 2.05) is 31.2 Å². The molecule has 2 unspecified atom stereocenters. The van der Waals surface area contributed by atoms with Gasteiger partial charge in [-0.25, -0.2) is 4.39 Å². The standard InChI is InChI=1S/C17H15FN2OS/c1-17-10-13(11-6-2-5-9-15(11)21-17)19-16(22)20(17)14-8-4-3-7-12(14)18/h2-9,13H,10H2,1H3,(H,19,22). The number of hydrogen-bond donors (Lipinski definition) is 1. The maximum atomic E-state index is 14.3. The average Bonchev–Trinajstić information content (AvgIpc) is 2.48. The number of hydrogen-bond acceptors (Lipinski definition) is 2. The molecule has 22 heavy (non-hydrogen) atoms. The van der Waals surface area contributed by atoms with Crippen LogP contribution in [0.15, 0.2) is 48.5 Å². The molecule has 5 heteroatoms. The van der Waals surface area contributed by atoms with Crippen LogP contribution in [0.1, 0.15) is 24.9 Å². The van der Waals surface area contributed by atoms with Gasteiger partial charge >= 0.3 is 0 Å². The molecule has 112 valence electrons. The summed E-state index contributed by atoms with van der Waals surface area (Å²) in [6, 6.07) is 14.6. The van der Waals surface area contributed by atoms with Crippen LogP contribution in [0.3, 0.4) is 0 Å². The van der Waals surface area contributed by atoms with Crippen molar-refractivity contribution in [3.63, 3.8) is 0 Å². The van der Waals surface area contributed by atoms with Crippen LogP contribution in [0.4, 0.5) is 10.1 Å². The van der Waals surface area contributed by atoms with Crippen LogP contribution in [0, 0.1) is 5.82 Å². The molecule has 2 atom stereocenters. The van der Waals surface area contributed by atoms with Gasteiger partial charge in [0.25, 0.3) is 0 Å². The number of benzene rings is 2. The number of para-hydroxylation sites is 2. The zero-order valence-corrected chi connectivity index (χ0v) is 12.9. The van der Waals surface area contributed by atoms with Crippen LogP contribution in [0.25, 0.3) is 0 Å². The highest BCUT2D eigenvalue weighted by molar-refractivity contribution is 7.80. The van der Waals surface area contributed by atoms with E-state index in [0.717, 1.165) is 11.3 Å². The van der Waals surface area contributed by atoms with E-state index in [4.69, 9.17) is 17.0 Å². The average molecular weight is 314 g/mol. The number of anilines is 1. The second-order valence-corrected chi connectivity index (χ2v) is 6.19. The summed E-state index contributed by atoms with van der Waals surface area (Å²) < 4.78 is 20.5. The van der Waals surface area contributed by atoms with Gasteiger partial charge in [0, 0.05) is 12.0 Å². The van der Waals surface area contributed by atoms with Gasteiger partial charge in [-0.1, -0.05) is 30.3 Å². The number of thiocarbonyl (C=S) groups is 1. The Balaban J connectivity index is 1.84. The highest BCUT2D eigenvalue weighted by Gasteiger charge is 2.48. The normalized spacial score (nSPS) is 26.0. The van der Waals surface area contributed by atoms with E-state index >= 15 is 0 Å². The molecule has 0 aromatic heterocycles. The number of rotatable bonds is 1. The Hall–Kier alpha value is -2.14. The number of ether oxygens (including phenoxy) is 1. The Bertz CT molecular complexity index is 766. The Morgan fingerprint density at radius 1 is 1.23 bits per heavy atom. The van der Waals surface area contributed by atoms with Gasteiger partial charge < -0.3 is 10.1 Å². The third kappa shape index (κ3) is 1.89. The van der Waals surface area contributed by atoms with Gasteiger partial charge in [-0.2, -0.15) is 0 Å². The van der Waals surface area contributed by atoms with Crippen LogP contribution >= 0.6 is 12.2 Å². The first kappa shape index (κ1) is 13.5. The summed E-state index contributed by atoms with van der Waals surface area (Å²) in [4.78, 5) is 1.74. The van der Waals surface area contributed by atoms with Crippen molar-refractivity contribution in [2.24, 2.45) is 0 Å². The van der Waals surface area contributed by atoms with Crippen molar-refractivity contribution in [2.75, 3.05) is 4.90 Å². The summed E-state index contributed by atoms with van der Waals surface area (Å²) in [5.41, 5.74) is 0.819. The van der Waals surface area contributed by atoms with Crippen molar-refractivity contribution in [1.29, 1.82) is 0 Å². The number of nitrogens with one attached hydrogen (secondary N) is 1. The fourth-order valence-electron chi connectivity index (χ4n) is 3.32. The molecule has 3 nitrogen and oxygen atoms in total. The second kappa shape index (κ2) is 4.68. The molecular formula is C17H15FN2OS. The lowest BCUT2D eigenvalue weighted by Gasteiger charge is -2.52. The fourth-order valence-corrected chi connectivity index (χ4v) is 3.75. The van der Waals surface area contributed by atoms with Gasteiger partial charge in [0.2, 0.25) is 0 Å². The Kier molecular flexibility index (Phi) is 2.87. The molecular weight excluding hydrogens is 299 g/mol. The molecule has 2 aliphatic rings. The van der Waals surface area contributed by atoms with Gasteiger partial charge in [0.1, 0.15) is 11.6 Å². The van der Waals surface area contributed by atoms with Crippen molar-refractivity contribution in [3.05, 3.63) is 59.9 Å². The molecule has 2 heterocycles. The van der Waals surface area contributed by atoms with Crippen molar-refractivity contribution in [1.82, 2.24) is 5.32 Å². The highest BCUT2D eigenvalue weighted by Crippen LogP contribution is 2.45. The van der Waals surface area contributed by atoms with Crippen LogP contribution in [-0.2, 0) is 0 Å². The van der Waals surface area contributed by atoms with Crippen molar-refractivity contribution in [3.8, 4) is 5.75 Å². The van der Waals surface area contributed by atoms with E-state index in [9.17, 15) is 4.39 Å². The SMILES string of the molecule is CC12CC(NC(=S)N1c1ccccc1F)c1ccccc1O2. The van der Waals surface area contributed by atoms with E-state index in [1.54, 1.807) is 23.1 Å². The maximum Gasteiger partial charge on any atom is 0.188 e. The maximum absolute atomic E-state index is 14.3. The third-order valence-electron chi connectivity index (χ3n) is 4.27. The van der Waals surface area contributed by atoms with Gasteiger partial charge in [-0.15, -0.1) is 0 Å². The Morgan fingerprint density at radius 2 is 1.95 bits per heavy atom. The molecule has 2 aromatic carbocycles. The molecule has 0 amide bonds. The molecule has 4 rings (SSSR count). The lowest BCUT2D eigenvalue weighted by molar-refractivity contribution is 0.0492. The van der Waals surface area contributed by atoms with E-state index in [-0.39, 0.29) is 11.9 Å². The summed E-state index contributed by atoms with van der Waals surface area (Å²) >= 11 is 5.49. The molecule has 2 aromatic rings. The summed E-state index contributed by atoms with van der Waals surface area (Å²) in [5, 5.41) is 3.80. The van der Waals surface area contributed by atoms with Crippen molar-refractivity contribution >= 4 is 23.0 Å². The third-order valence-corrected chi connectivity index (χ3v) is 4.57. The second-order valence-electron chi connectivity index (χ2n) is 5.81. The fraction of sp³-hybridized carbons (Fsp3) is 0.235. The molecule has 0 saturated carbocycles. The number of halogens is 1. The van der Waals surface area contributed by atoms with Crippen molar-refractivity contribution < 1.29 is 9.13 Å². The Morgan fingerprint density at radius 3 is 2.77 bits per heavy atom. The zero-order valence-electron chi connectivity index (χ0n) is 12.0. The summed E-state index contributed by atoms with van der Waals surface area (Å²) in [5.74, 6) is 0.506. The first-order valence-electron chi connectivity index (χ1n) is 7.22. The lowest BCUT2D eigenvalue weighted by Crippen LogP contribution is -2.65. The van der Waals surface area contributed by atoms with Crippen LogP contribution in [0.2, 0.25) is 0 Å². The summed E-state index contributed by atoms with van der Waals surface area (Å²) in [7, 11) is 0. The quantitative estimate of drug-likeness (QED) is 0.810. The van der Waals surface area contributed by atoms with E-state index < -0.39 is 5.72 Å². The van der Waals surface area contributed by atoms with Gasteiger partial charge in [0.05, 0.1) is 11.7 Å². The highest BCUT2D eigenvalue weighted by atomic mass is 32.1. The minimum atomic E-state index is -0.705. The van der Waals surface area contributed by atoms with E-state index in [1.165, 1.54) is 6.07 Å².